The Bertz CT molecular complexity index is 192. The summed E-state index contributed by atoms with van der Waals surface area (Å²) < 4.78 is 0. The molecule has 0 bridgehead atoms. The van der Waals surface area contributed by atoms with Crippen LogP contribution in [0.5, 0.6) is 0 Å². The van der Waals surface area contributed by atoms with Crippen molar-refractivity contribution in [2.75, 3.05) is 0 Å². The van der Waals surface area contributed by atoms with E-state index in [1.54, 1.807) is 0 Å². The van der Waals surface area contributed by atoms with Gasteiger partial charge < -0.3 is 0 Å². The highest BCUT2D eigenvalue weighted by Gasteiger charge is 2.22. The van der Waals surface area contributed by atoms with E-state index < -0.39 is 0 Å². The van der Waals surface area contributed by atoms with Crippen molar-refractivity contribution in [3.63, 3.8) is 0 Å². The van der Waals surface area contributed by atoms with Gasteiger partial charge in [0.15, 0.2) is 0 Å². The van der Waals surface area contributed by atoms with Crippen LogP contribution in [-0.4, -0.2) is 0 Å². The van der Waals surface area contributed by atoms with E-state index in [-0.39, 0.29) is 0 Å². The second kappa shape index (κ2) is 7.74. The molecule has 2 atom stereocenters. The zero-order chi connectivity index (χ0) is 10.9. The first kappa shape index (κ1) is 12.6. The molecular formula is C14H25N. The molecule has 1 nitrogen and oxygen atoms in total. The Hall–Kier alpha value is -0.510. The minimum atomic E-state index is 0.751. The number of hydrogen-bond acceptors (Lipinski definition) is 1. The van der Waals surface area contributed by atoms with E-state index in [0.717, 1.165) is 24.7 Å². The SMILES string of the molecule is CCC1CCC(CCCCCCC#N)C1. The first-order chi connectivity index (χ1) is 7.36. The summed E-state index contributed by atoms with van der Waals surface area (Å²) in [4.78, 5) is 0. The molecule has 0 aromatic heterocycles. The second-order valence-electron chi connectivity index (χ2n) is 5.06. The number of nitrogens with zero attached hydrogens (tertiary/aromatic N) is 1. The van der Waals surface area contributed by atoms with Crippen molar-refractivity contribution in [1.29, 1.82) is 5.26 Å². The summed E-state index contributed by atoms with van der Waals surface area (Å²) in [5, 5.41) is 8.40. The van der Waals surface area contributed by atoms with Gasteiger partial charge in [-0.1, -0.05) is 51.9 Å². The highest BCUT2D eigenvalue weighted by atomic mass is 14.3. The molecule has 0 aliphatic heterocycles. The lowest BCUT2D eigenvalue weighted by Crippen LogP contribution is -1.95. The van der Waals surface area contributed by atoms with E-state index in [1.165, 1.54) is 51.4 Å². The normalized spacial score (nSPS) is 25.3. The van der Waals surface area contributed by atoms with Crippen molar-refractivity contribution in [1.82, 2.24) is 0 Å². The Morgan fingerprint density at radius 3 is 2.47 bits per heavy atom. The third-order valence-corrected chi connectivity index (χ3v) is 3.88. The van der Waals surface area contributed by atoms with Crippen molar-refractivity contribution >= 4 is 0 Å². The maximum absolute atomic E-state index is 8.40. The van der Waals surface area contributed by atoms with Crippen molar-refractivity contribution in [2.24, 2.45) is 11.8 Å². The molecule has 1 aliphatic rings. The summed E-state index contributed by atoms with van der Waals surface area (Å²) in [7, 11) is 0. The fourth-order valence-electron chi connectivity index (χ4n) is 2.80. The zero-order valence-electron chi connectivity index (χ0n) is 10.2. The van der Waals surface area contributed by atoms with Crippen LogP contribution >= 0.6 is 0 Å². The Labute approximate surface area is 94.9 Å². The number of hydrogen-bond donors (Lipinski definition) is 0. The quantitative estimate of drug-likeness (QED) is 0.556. The van der Waals surface area contributed by atoms with Gasteiger partial charge in [-0.3, -0.25) is 0 Å². The van der Waals surface area contributed by atoms with Gasteiger partial charge in [0, 0.05) is 6.42 Å². The zero-order valence-corrected chi connectivity index (χ0v) is 10.2. The van der Waals surface area contributed by atoms with E-state index in [2.05, 4.69) is 13.0 Å². The summed E-state index contributed by atoms with van der Waals surface area (Å²) in [5.41, 5.74) is 0. The largest absolute Gasteiger partial charge is 0.198 e. The third-order valence-electron chi connectivity index (χ3n) is 3.88. The molecule has 15 heavy (non-hydrogen) atoms. The third kappa shape index (κ3) is 5.21. The summed E-state index contributed by atoms with van der Waals surface area (Å²) in [6.45, 7) is 2.33. The van der Waals surface area contributed by atoms with E-state index in [1.807, 2.05) is 0 Å². The molecule has 1 fully saturated rings. The van der Waals surface area contributed by atoms with Gasteiger partial charge >= 0.3 is 0 Å². The van der Waals surface area contributed by atoms with Crippen LogP contribution in [0.3, 0.4) is 0 Å². The van der Waals surface area contributed by atoms with Gasteiger partial charge in [-0.05, 0) is 24.7 Å². The van der Waals surface area contributed by atoms with Crippen LogP contribution in [0.4, 0.5) is 0 Å². The molecule has 86 valence electrons. The lowest BCUT2D eigenvalue weighted by atomic mass is 9.97. The van der Waals surface area contributed by atoms with Crippen LogP contribution in [0.15, 0.2) is 0 Å². The minimum absolute atomic E-state index is 0.751. The molecule has 0 radical (unpaired) electrons. The van der Waals surface area contributed by atoms with Crippen molar-refractivity contribution in [2.45, 2.75) is 71.1 Å². The molecule has 0 amide bonds. The highest BCUT2D eigenvalue weighted by Crippen LogP contribution is 2.35. The van der Waals surface area contributed by atoms with Crippen LogP contribution in [0.2, 0.25) is 0 Å². The highest BCUT2D eigenvalue weighted by molar-refractivity contribution is 4.74. The fraction of sp³-hybridized carbons (Fsp3) is 0.929. The molecule has 1 rings (SSSR count). The molecular weight excluding hydrogens is 182 g/mol. The van der Waals surface area contributed by atoms with Crippen LogP contribution in [0.1, 0.15) is 71.1 Å². The molecule has 0 spiro atoms. The van der Waals surface area contributed by atoms with Gasteiger partial charge in [0.25, 0.3) is 0 Å². The Kier molecular flexibility index (Phi) is 6.48. The second-order valence-corrected chi connectivity index (χ2v) is 5.06. The van der Waals surface area contributed by atoms with Crippen molar-refractivity contribution < 1.29 is 0 Å². The maximum Gasteiger partial charge on any atom is 0.0621 e. The van der Waals surface area contributed by atoms with Gasteiger partial charge in [-0.15, -0.1) is 0 Å². The summed E-state index contributed by atoms with van der Waals surface area (Å²) in [6, 6.07) is 2.21. The van der Waals surface area contributed by atoms with Gasteiger partial charge in [-0.25, -0.2) is 0 Å². The molecule has 0 N–H and O–H groups in total. The van der Waals surface area contributed by atoms with Crippen molar-refractivity contribution in [3.05, 3.63) is 0 Å². The summed E-state index contributed by atoms with van der Waals surface area (Å²) in [5.74, 6) is 2.07. The molecule has 0 aromatic carbocycles. The predicted molar refractivity (Wildman–Crippen MR) is 64.4 cm³/mol. The molecule has 1 aliphatic carbocycles. The van der Waals surface area contributed by atoms with Gasteiger partial charge in [0.2, 0.25) is 0 Å². The topological polar surface area (TPSA) is 23.8 Å². The van der Waals surface area contributed by atoms with Gasteiger partial charge in [-0.2, -0.15) is 5.26 Å². The van der Waals surface area contributed by atoms with Crippen LogP contribution in [0, 0.1) is 23.2 Å². The van der Waals surface area contributed by atoms with E-state index >= 15 is 0 Å². The molecule has 1 heteroatoms. The van der Waals surface area contributed by atoms with Crippen LogP contribution in [-0.2, 0) is 0 Å². The van der Waals surface area contributed by atoms with Crippen LogP contribution in [0.25, 0.3) is 0 Å². The molecule has 2 unspecified atom stereocenters. The summed E-state index contributed by atoms with van der Waals surface area (Å²) in [6.07, 6.45) is 13.2. The number of unbranched alkanes of at least 4 members (excludes halogenated alkanes) is 4. The van der Waals surface area contributed by atoms with Gasteiger partial charge in [0.05, 0.1) is 6.07 Å². The first-order valence-corrected chi connectivity index (χ1v) is 6.73. The van der Waals surface area contributed by atoms with Crippen LogP contribution < -0.4 is 0 Å². The maximum atomic E-state index is 8.40. The monoisotopic (exact) mass is 207 g/mol. The Morgan fingerprint density at radius 2 is 1.80 bits per heavy atom. The first-order valence-electron chi connectivity index (χ1n) is 6.73. The average Bonchev–Trinajstić information content (AvgIpc) is 2.71. The van der Waals surface area contributed by atoms with E-state index in [4.69, 9.17) is 5.26 Å². The predicted octanol–water partition coefficient (Wildman–Crippen LogP) is 4.68. The fourth-order valence-corrected chi connectivity index (χ4v) is 2.80. The lowest BCUT2D eigenvalue weighted by molar-refractivity contribution is 0.435. The summed E-state index contributed by atoms with van der Waals surface area (Å²) >= 11 is 0. The lowest BCUT2D eigenvalue weighted by Gasteiger charge is -2.09. The standard InChI is InChI=1S/C14H25N/c1-2-13-9-10-14(12-13)8-6-4-3-5-7-11-15/h13-14H,2-10,12H2,1H3. The number of rotatable bonds is 7. The van der Waals surface area contributed by atoms with Crippen molar-refractivity contribution in [3.8, 4) is 6.07 Å². The molecule has 0 aromatic rings. The van der Waals surface area contributed by atoms with Gasteiger partial charge in [0.1, 0.15) is 0 Å². The Balaban J connectivity index is 1.91. The molecule has 0 saturated heterocycles. The average molecular weight is 207 g/mol. The van der Waals surface area contributed by atoms with E-state index in [9.17, 15) is 0 Å². The molecule has 1 saturated carbocycles. The number of nitriles is 1. The smallest absolute Gasteiger partial charge is 0.0621 e. The molecule has 0 heterocycles. The van der Waals surface area contributed by atoms with E-state index in [0.29, 0.717) is 0 Å². The Morgan fingerprint density at radius 1 is 1.07 bits per heavy atom. The minimum Gasteiger partial charge on any atom is -0.198 e.